The van der Waals surface area contributed by atoms with Gasteiger partial charge in [-0.1, -0.05) is 0 Å². The molecule has 1 aliphatic carbocycles. The first-order valence-corrected chi connectivity index (χ1v) is 13.2. The molecule has 3 aliphatic heterocycles. The van der Waals surface area contributed by atoms with Crippen LogP contribution in [-0.4, -0.2) is 57.5 Å². The Labute approximate surface area is 188 Å². The number of hydrogen-bond donors (Lipinski definition) is 1. The first-order valence-electron chi connectivity index (χ1n) is 11.4. The second-order valence-electron chi connectivity index (χ2n) is 9.60. The summed E-state index contributed by atoms with van der Waals surface area (Å²) in [7, 11) is -3.16. The highest BCUT2D eigenvalue weighted by Crippen LogP contribution is 2.47. The molecule has 0 amide bonds. The summed E-state index contributed by atoms with van der Waals surface area (Å²) in [5.74, 6) is 0.613. The Morgan fingerprint density at radius 3 is 2.81 bits per heavy atom. The van der Waals surface area contributed by atoms with E-state index >= 15 is 0 Å². The molecule has 1 saturated carbocycles. The van der Waals surface area contributed by atoms with E-state index < -0.39 is 10.0 Å². The van der Waals surface area contributed by atoms with Crippen molar-refractivity contribution in [1.82, 2.24) is 24.2 Å². The number of fused-ring (bicyclic) bond motifs is 5. The molecule has 3 unspecified atom stereocenters. The largest absolute Gasteiger partial charge is 0.363 e. The van der Waals surface area contributed by atoms with Gasteiger partial charge in [-0.05, 0) is 44.2 Å². The van der Waals surface area contributed by atoms with Crippen molar-refractivity contribution in [2.24, 2.45) is 5.92 Å². The van der Waals surface area contributed by atoms with Crippen LogP contribution >= 0.6 is 0 Å². The van der Waals surface area contributed by atoms with Crippen LogP contribution in [0.15, 0.2) is 30.9 Å². The summed E-state index contributed by atoms with van der Waals surface area (Å²) in [6.07, 6.45) is 10.6. The molecule has 0 spiro atoms. The lowest BCUT2D eigenvalue weighted by Crippen LogP contribution is -2.53. The van der Waals surface area contributed by atoms with Crippen molar-refractivity contribution in [3.8, 4) is 0 Å². The number of rotatable bonds is 3. The zero-order valence-electron chi connectivity index (χ0n) is 18.4. The fraction of sp³-hybridized carbons (Fsp3) is 0.522. The molecule has 4 aliphatic rings. The fourth-order valence-electron chi connectivity index (χ4n) is 6.18. The topological polar surface area (TPSA) is 95.1 Å². The molecule has 32 heavy (non-hydrogen) atoms. The minimum Gasteiger partial charge on any atom is -0.363 e. The molecule has 4 atom stereocenters. The number of aromatic amines is 1. The number of hydrogen-bond acceptors (Lipinski definition) is 6. The van der Waals surface area contributed by atoms with Gasteiger partial charge in [-0.2, -0.15) is 4.31 Å². The number of pyridine rings is 1. The average Bonchev–Trinajstić information content (AvgIpc) is 3.27. The van der Waals surface area contributed by atoms with E-state index in [2.05, 4.69) is 38.9 Å². The van der Waals surface area contributed by atoms with Gasteiger partial charge in [-0.3, -0.25) is 0 Å². The monoisotopic (exact) mass is 452 g/mol. The van der Waals surface area contributed by atoms with E-state index in [1.165, 1.54) is 17.5 Å². The summed E-state index contributed by atoms with van der Waals surface area (Å²) in [6.45, 7) is 3.62. The van der Waals surface area contributed by atoms with Crippen LogP contribution in [0.1, 0.15) is 49.1 Å². The molecular formula is C23H28N6O2S. The third-order valence-corrected chi connectivity index (χ3v) is 9.03. The number of aromatic nitrogens is 4. The summed E-state index contributed by atoms with van der Waals surface area (Å²) < 4.78 is 26.2. The van der Waals surface area contributed by atoms with E-state index in [0.29, 0.717) is 24.4 Å². The molecule has 2 bridgehead atoms. The predicted molar refractivity (Wildman–Crippen MR) is 123 cm³/mol. The molecule has 7 rings (SSSR count). The second-order valence-corrected chi connectivity index (χ2v) is 11.5. The van der Waals surface area contributed by atoms with Gasteiger partial charge in [0.25, 0.3) is 0 Å². The van der Waals surface area contributed by atoms with Crippen LogP contribution in [0.3, 0.4) is 0 Å². The van der Waals surface area contributed by atoms with E-state index in [0.717, 1.165) is 54.6 Å². The minimum atomic E-state index is -3.16. The van der Waals surface area contributed by atoms with Crippen LogP contribution in [0.2, 0.25) is 0 Å². The van der Waals surface area contributed by atoms with Gasteiger partial charge in [-0.15, -0.1) is 0 Å². The molecule has 168 valence electrons. The van der Waals surface area contributed by atoms with Crippen molar-refractivity contribution < 1.29 is 8.42 Å². The van der Waals surface area contributed by atoms with Crippen molar-refractivity contribution in [3.05, 3.63) is 47.8 Å². The highest BCUT2D eigenvalue weighted by Gasteiger charge is 2.46. The molecule has 1 N–H and O–H groups in total. The molecule has 3 aromatic rings. The van der Waals surface area contributed by atoms with Crippen LogP contribution < -0.4 is 4.90 Å². The lowest BCUT2D eigenvalue weighted by Gasteiger charge is -2.49. The number of piperidine rings is 2. The molecule has 3 fully saturated rings. The van der Waals surface area contributed by atoms with Crippen molar-refractivity contribution in [3.63, 3.8) is 0 Å². The van der Waals surface area contributed by atoms with E-state index in [4.69, 9.17) is 4.98 Å². The predicted octanol–water partition coefficient (Wildman–Crippen LogP) is 2.83. The number of sulfonamides is 1. The second kappa shape index (κ2) is 7.25. The number of H-pyrrole nitrogens is 1. The van der Waals surface area contributed by atoms with Gasteiger partial charge in [0, 0.05) is 66.5 Å². The molecule has 0 radical (unpaired) electrons. The lowest BCUT2D eigenvalue weighted by atomic mass is 9.70. The third kappa shape index (κ3) is 3.13. The highest BCUT2D eigenvalue weighted by atomic mass is 32.2. The third-order valence-electron chi connectivity index (χ3n) is 7.73. The summed E-state index contributed by atoms with van der Waals surface area (Å²) in [4.78, 5) is 19.6. The first kappa shape index (κ1) is 20.1. The molecule has 0 aromatic carbocycles. The van der Waals surface area contributed by atoms with Crippen LogP contribution in [0, 0.1) is 5.92 Å². The van der Waals surface area contributed by atoms with Crippen molar-refractivity contribution in [2.75, 3.05) is 17.7 Å². The standard InChI is InChI=1S/C23H28N6O2S/c1-14-9-20-19(12-28(14)21-6-8-25-23-17(21)5-7-24-23)22(27-13-26-20)18-10-16-4-3-15(18)11-29(16)32(2,30)31/h5-8,13-16,18H,3-4,9-12H2,1-2H3,(H,24,25)/t14-,15?,16?,18?/m1/s1. The Hall–Kier alpha value is -2.52. The van der Waals surface area contributed by atoms with Gasteiger partial charge >= 0.3 is 0 Å². The molecular weight excluding hydrogens is 424 g/mol. The van der Waals surface area contributed by atoms with Crippen molar-refractivity contribution in [1.29, 1.82) is 0 Å². The maximum atomic E-state index is 12.3. The van der Waals surface area contributed by atoms with Gasteiger partial charge in [0.15, 0.2) is 0 Å². The minimum absolute atomic E-state index is 0.0870. The SMILES string of the molecule is C[C@@H]1Cc2ncnc(C3CC4CCC3CN4S(C)(=O)=O)c2CN1c1ccnc2[nH]ccc12. The van der Waals surface area contributed by atoms with Gasteiger partial charge in [0.1, 0.15) is 12.0 Å². The normalized spacial score (nSPS) is 28.2. The van der Waals surface area contributed by atoms with Gasteiger partial charge in [0.05, 0.1) is 17.6 Å². The number of nitrogens with zero attached hydrogens (tertiary/aromatic N) is 5. The Kier molecular flexibility index (Phi) is 4.55. The zero-order chi connectivity index (χ0) is 22.0. The Balaban J connectivity index is 1.37. The van der Waals surface area contributed by atoms with Crippen LogP contribution in [0.4, 0.5) is 5.69 Å². The number of nitrogens with one attached hydrogen (secondary N) is 1. The molecule has 9 heteroatoms. The maximum Gasteiger partial charge on any atom is 0.211 e. The van der Waals surface area contributed by atoms with E-state index in [1.54, 1.807) is 10.6 Å². The van der Waals surface area contributed by atoms with Crippen LogP contribution in [0.25, 0.3) is 11.0 Å². The first-order chi connectivity index (χ1) is 15.4. The maximum absolute atomic E-state index is 12.3. The fourth-order valence-corrected chi connectivity index (χ4v) is 7.38. The summed E-state index contributed by atoms with van der Waals surface area (Å²) in [5.41, 5.74) is 5.58. The Morgan fingerprint density at radius 2 is 2.03 bits per heavy atom. The molecule has 8 nitrogen and oxygen atoms in total. The van der Waals surface area contributed by atoms with E-state index in [9.17, 15) is 8.42 Å². The number of anilines is 1. The van der Waals surface area contributed by atoms with Gasteiger partial charge in [-0.25, -0.2) is 23.4 Å². The lowest BCUT2D eigenvalue weighted by molar-refractivity contribution is 0.0953. The van der Waals surface area contributed by atoms with E-state index in [-0.39, 0.29) is 6.04 Å². The summed E-state index contributed by atoms with van der Waals surface area (Å²) >= 11 is 0. The Bertz CT molecular complexity index is 1290. The average molecular weight is 453 g/mol. The smallest absolute Gasteiger partial charge is 0.211 e. The van der Waals surface area contributed by atoms with Crippen molar-refractivity contribution >= 4 is 26.7 Å². The van der Waals surface area contributed by atoms with Crippen LogP contribution in [-0.2, 0) is 23.0 Å². The zero-order valence-corrected chi connectivity index (χ0v) is 19.2. The van der Waals surface area contributed by atoms with Gasteiger partial charge < -0.3 is 9.88 Å². The van der Waals surface area contributed by atoms with Crippen molar-refractivity contribution in [2.45, 2.75) is 57.2 Å². The van der Waals surface area contributed by atoms with Gasteiger partial charge in [0.2, 0.25) is 10.0 Å². The molecule has 3 aromatic heterocycles. The summed E-state index contributed by atoms with van der Waals surface area (Å²) in [6, 6.07) is 4.58. The molecule has 6 heterocycles. The highest BCUT2D eigenvalue weighted by molar-refractivity contribution is 7.88. The van der Waals surface area contributed by atoms with Crippen LogP contribution in [0.5, 0.6) is 0 Å². The summed E-state index contributed by atoms with van der Waals surface area (Å²) in [5, 5.41) is 1.13. The Morgan fingerprint density at radius 1 is 1.16 bits per heavy atom. The molecule has 2 saturated heterocycles. The quantitative estimate of drug-likeness (QED) is 0.657. The van der Waals surface area contributed by atoms with E-state index in [1.807, 2.05) is 12.4 Å².